The number of nitrogens with one attached hydrogen (secondary N) is 2. The first kappa shape index (κ1) is 16.9. The van der Waals surface area contributed by atoms with Crippen LogP contribution in [0.1, 0.15) is 18.1 Å². The number of hydrazone groups is 1. The van der Waals surface area contributed by atoms with E-state index in [2.05, 4.69) is 31.8 Å². The number of amides is 2. The van der Waals surface area contributed by atoms with Gasteiger partial charge in [-0.2, -0.15) is 5.10 Å². The monoisotopic (exact) mass is 373 g/mol. The van der Waals surface area contributed by atoms with E-state index in [4.69, 9.17) is 0 Å². The summed E-state index contributed by atoms with van der Waals surface area (Å²) < 4.78 is 0.951. The third-order valence-electron chi connectivity index (χ3n) is 3.08. The summed E-state index contributed by atoms with van der Waals surface area (Å²) in [6, 6.07) is 14.7. The maximum absolute atomic E-state index is 11.8. The van der Waals surface area contributed by atoms with E-state index in [9.17, 15) is 9.59 Å². The second-order valence-electron chi connectivity index (χ2n) is 4.76. The first-order chi connectivity index (χ1) is 11.1. The van der Waals surface area contributed by atoms with Gasteiger partial charge in [0.2, 0.25) is 0 Å². The Bertz CT molecular complexity index is 710. The molecule has 0 fully saturated rings. The minimum Gasteiger partial charge on any atom is -0.318 e. The third kappa shape index (κ3) is 5.34. The fourth-order valence-electron chi connectivity index (χ4n) is 1.78. The minimum absolute atomic E-state index is 0.569. The Balaban J connectivity index is 1.86. The lowest BCUT2D eigenvalue weighted by Gasteiger charge is -2.04. The molecule has 0 heterocycles. The fraction of sp³-hybridized carbons (Fsp3) is 0.118. The molecule has 6 heteroatoms. The second-order valence-corrected chi connectivity index (χ2v) is 5.67. The van der Waals surface area contributed by atoms with Crippen LogP contribution >= 0.6 is 15.9 Å². The standard InChI is InChI=1S/C17H16BrN3O2/c1-2-12-5-9-15(10-6-12)20-16(22)17(23)21-19-11-13-3-7-14(18)8-4-13/h3-11H,2H2,1H3,(H,20,22)(H,21,23)/b19-11-. The van der Waals surface area contributed by atoms with Gasteiger partial charge in [0.1, 0.15) is 0 Å². The minimum atomic E-state index is -0.821. The molecule has 2 N–H and O–H groups in total. The number of rotatable bonds is 4. The van der Waals surface area contributed by atoms with Gasteiger partial charge in [-0.3, -0.25) is 9.59 Å². The molecule has 0 unspecified atom stereocenters. The van der Waals surface area contributed by atoms with Crippen LogP contribution in [-0.4, -0.2) is 18.0 Å². The molecule has 118 valence electrons. The summed E-state index contributed by atoms with van der Waals surface area (Å²) in [5, 5.41) is 6.28. The molecule has 2 amide bonds. The van der Waals surface area contributed by atoms with Crippen LogP contribution in [0.5, 0.6) is 0 Å². The highest BCUT2D eigenvalue weighted by Gasteiger charge is 2.12. The lowest BCUT2D eigenvalue weighted by atomic mass is 10.1. The normalized spacial score (nSPS) is 10.5. The highest BCUT2D eigenvalue weighted by molar-refractivity contribution is 9.10. The van der Waals surface area contributed by atoms with Gasteiger partial charge < -0.3 is 5.32 Å². The molecule has 0 radical (unpaired) electrons. The van der Waals surface area contributed by atoms with Gasteiger partial charge in [-0.1, -0.05) is 47.1 Å². The van der Waals surface area contributed by atoms with Crippen molar-refractivity contribution in [3.63, 3.8) is 0 Å². The van der Waals surface area contributed by atoms with Crippen molar-refractivity contribution in [2.45, 2.75) is 13.3 Å². The van der Waals surface area contributed by atoms with Gasteiger partial charge in [-0.25, -0.2) is 5.43 Å². The first-order valence-electron chi connectivity index (χ1n) is 7.07. The molecule has 0 aliphatic rings. The molecule has 0 aromatic heterocycles. The van der Waals surface area contributed by atoms with Crippen molar-refractivity contribution in [3.05, 3.63) is 64.1 Å². The van der Waals surface area contributed by atoms with E-state index in [1.54, 1.807) is 12.1 Å². The molecule has 0 saturated carbocycles. The van der Waals surface area contributed by atoms with Crippen LogP contribution in [0.25, 0.3) is 0 Å². The number of hydrogen-bond donors (Lipinski definition) is 2. The third-order valence-corrected chi connectivity index (χ3v) is 3.60. The van der Waals surface area contributed by atoms with Gasteiger partial charge in [-0.05, 0) is 41.8 Å². The number of carbonyl (C=O) groups excluding carboxylic acids is 2. The molecule has 0 aliphatic heterocycles. The Morgan fingerprint density at radius 1 is 1.04 bits per heavy atom. The Kier molecular flexibility index (Phi) is 6.05. The van der Waals surface area contributed by atoms with Crippen molar-refractivity contribution in [1.29, 1.82) is 0 Å². The van der Waals surface area contributed by atoms with Gasteiger partial charge in [0, 0.05) is 10.2 Å². The van der Waals surface area contributed by atoms with Crippen LogP contribution in [-0.2, 0) is 16.0 Å². The predicted octanol–water partition coefficient (Wildman–Crippen LogP) is 3.10. The quantitative estimate of drug-likeness (QED) is 0.491. The summed E-state index contributed by atoms with van der Waals surface area (Å²) in [6.07, 6.45) is 2.38. The number of halogens is 1. The highest BCUT2D eigenvalue weighted by atomic mass is 79.9. The van der Waals surface area contributed by atoms with Crippen LogP contribution < -0.4 is 10.7 Å². The van der Waals surface area contributed by atoms with E-state index in [0.29, 0.717) is 5.69 Å². The van der Waals surface area contributed by atoms with Crippen LogP contribution in [0, 0.1) is 0 Å². The molecule has 0 atom stereocenters. The maximum atomic E-state index is 11.8. The molecule has 2 aromatic rings. The van der Waals surface area contributed by atoms with E-state index in [-0.39, 0.29) is 0 Å². The highest BCUT2D eigenvalue weighted by Crippen LogP contribution is 2.10. The SMILES string of the molecule is CCc1ccc(NC(=O)C(=O)N/N=C\c2ccc(Br)cc2)cc1. The molecule has 2 rings (SSSR count). The number of benzene rings is 2. The lowest BCUT2D eigenvalue weighted by molar-refractivity contribution is -0.136. The Labute approximate surface area is 142 Å². The predicted molar refractivity (Wildman–Crippen MR) is 94.3 cm³/mol. The van der Waals surface area contributed by atoms with Crippen molar-refractivity contribution in [2.75, 3.05) is 5.32 Å². The van der Waals surface area contributed by atoms with Gasteiger partial charge in [0.25, 0.3) is 0 Å². The molecule has 5 nitrogen and oxygen atoms in total. The summed E-state index contributed by atoms with van der Waals surface area (Å²) in [5.41, 5.74) is 4.73. The molecule has 23 heavy (non-hydrogen) atoms. The van der Waals surface area contributed by atoms with E-state index in [0.717, 1.165) is 22.0 Å². The second kappa shape index (κ2) is 8.24. The fourth-order valence-corrected chi connectivity index (χ4v) is 2.04. The molecule has 0 spiro atoms. The van der Waals surface area contributed by atoms with Crippen LogP contribution in [0.2, 0.25) is 0 Å². The van der Waals surface area contributed by atoms with E-state index in [1.165, 1.54) is 6.21 Å². The van der Waals surface area contributed by atoms with E-state index < -0.39 is 11.8 Å². The largest absolute Gasteiger partial charge is 0.329 e. The number of hydrogen-bond acceptors (Lipinski definition) is 3. The van der Waals surface area contributed by atoms with Crippen molar-refractivity contribution in [1.82, 2.24) is 5.43 Å². The maximum Gasteiger partial charge on any atom is 0.329 e. The zero-order valence-electron chi connectivity index (χ0n) is 12.5. The molecular weight excluding hydrogens is 358 g/mol. The van der Waals surface area contributed by atoms with Crippen LogP contribution in [0.15, 0.2) is 58.1 Å². The zero-order chi connectivity index (χ0) is 16.7. The van der Waals surface area contributed by atoms with Crippen molar-refractivity contribution in [2.24, 2.45) is 5.10 Å². The van der Waals surface area contributed by atoms with Crippen molar-refractivity contribution >= 4 is 39.6 Å². The average molecular weight is 374 g/mol. The van der Waals surface area contributed by atoms with Crippen molar-refractivity contribution in [3.8, 4) is 0 Å². The summed E-state index contributed by atoms with van der Waals surface area (Å²) in [7, 11) is 0. The van der Waals surface area contributed by atoms with Gasteiger partial charge in [-0.15, -0.1) is 0 Å². The Morgan fingerprint density at radius 2 is 1.70 bits per heavy atom. The molecule has 0 bridgehead atoms. The topological polar surface area (TPSA) is 70.6 Å². The Morgan fingerprint density at radius 3 is 2.30 bits per heavy atom. The molecule has 0 saturated heterocycles. The molecule has 0 aliphatic carbocycles. The molecular formula is C17H16BrN3O2. The van der Waals surface area contributed by atoms with Gasteiger partial charge in [0.15, 0.2) is 0 Å². The first-order valence-corrected chi connectivity index (χ1v) is 7.86. The van der Waals surface area contributed by atoms with E-state index in [1.807, 2.05) is 43.3 Å². The number of aryl methyl sites for hydroxylation is 1. The van der Waals surface area contributed by atoms with Crippen LogP contribution in [0.4, 0.5) is 5.69 Å². The van der Waals surface area contributed by atoms with Crippen molar-refractivity contribution < 1.29 is 9.59 Å². The van der Waals surface area contributed by atoms with Gasteiger partial charge in [0.05, 0.1) is 6.21 Å². The summed E-state index contributed by atoms with van der Waals surface area (Å²) in [5.74, 6) is -1.58. The number of anilines is 1. The van der Waals surface area contributed by atoms with Gasteiger partial charge >= 0.3 is 11.8 Å². The zero-order valence-corrected chi connectivity index (χ0v) is 14.1. The Hall–Kier alpha value is -2.47. The lowest BCUT2D eigenvalue weighted by Crippen LogP contribution is -2.32. The molecule has 2 aromatic carbocycles. The summed E-state index contributed by atoms with van der Waals surface area (Å²) in [4.78, 5) is 23.4. The van der Waals surface area contributed by atoms with Crippen LogP contribution in [0.3, 0.4) is 0 Å². The summed E-state index contributed by atoms with van der Waals surface area (Å²) >= 11 is 3.33. The number of carbonyl (C=O) groups is 2. The average Bonchev–Trinajstić information content (AvgIpc) is 2.57. The smallest absolute Gasteiger partial charge is 0.318 e. The number of nitrogens with zero attached hydrogens (tertiary/aromatic N) is 1. The van der Waals surface area contributed by atoms with E-state index >= 15 is 0 Å². The summed E-state index contributed by atoms with van der Waals surface area (Å²) in [6.45, 7) is 2.05.